The Balaban J connectivity index is 1.98. The first-order valence-corrected chi connectivity index (χ1v) is 6.84. The quantitative estimate of drug-likeness (QED) is 0.785. The molecule has 0 radical (unpaired) electrons. The van der Waals surface area contributed by atoms with Gasteiger partial charge in [0.25, 0.3) is 5.91 Å². The Hall–Kier alpha value is -2.82. The Morgan fingerprint density at radius 3 is 2.73 bits per heavy atom. The van der Waals surface area contributed by atoms with Crippen LogP contribution in [-0.4, -0.2) is 15.9 Å². The van der Waals surface area contributed by atoms with Gasteiger partial charge in [-0.25, -0.2) is 9.37 Å². The van der Waals surface area contributed by atoms with Crippen LogP contribution in [0, 0.1) is 19.7 Å². The van der Waals surface area contributed by atoms with E-state index in [1.54, 1.807) is 31.3 Å². The first kappa shape index (κ1) is 14.1. The van der Waals surface area contributed by atoms with Crippen LogP contribution in [0.15, 0.2) is 42.6 Å². The molecule has 0 saturated carbocycles. The van der Waals surface area contributed by atoms with Crippen molar-refractivity contribution in [1.82, 2.24) is 9.97 Å². The van der Waals surface area contributed by atoms with Crippen LogP contribution in [-0.2, 0) is 0 Å². The van der Waals surface area contributed by atoms with Gasteiger partial charge in [0.05, 0.1) is 16.8 Å². The van der Waals surface area contributed by atoms with Gasteiger partial charge < -0.3 is 5.32 Å². The number of hydrogen-bond donors (Lipinski definition) is 1. The molecule has 3 rings (SSSR count). The molecule has 110 valence electrons. The van der Waals surface area contributed by atoms with Crippen LogP contribution in [0.5, 0.6) is 0 Å². The highest BCUT2D eigenvalue weighted by Crippen LogP contribution is 2.19. The van der Waals surface area contributed by atoms with Crippen molar-refractivity contribution in [2.45, 2.75) is 13.8 Å². The number of benzene rings is 1. The lowest BCUT2D eigenvalue weighted by molar-refractivity contribution is 0.102. The van der Waals surface area contributed by atoms with E-state index in [0.29, 0.717) is 28.0 Å². The summed E-state index contributed by atoms with van der Waals surface area (Å²) in [4.78, 5) is 20.8. The molecule has 1 aromatic carbocycles. The average Bonchev–Trinajstić information content (AvgIpc) is 2.47. The monoisotopic (exact) mass is 295 g/mol. The summed E-state index contributed by atoms with van der Waals surface area (Å²) < 4.78 is 13.3. The summed E-state index contributed by atoms with van der Waals surface area (Å²) in [5.41, 5.74) is 2.65. The third-order valence-electron chi connectivity index (χ3n) is 3.37. The third kappa shape index (κ3) is 2.79. The number of pyridine rings is 2. The van der Waals surface area contributed by atoms with E-state index < -0.39 is 0 Å². The summed E-state index contributed by atoms with van der Waals surface area (Å²) in [7, 11) is 0. The van der Waals surface area contributed by atoms with Crippen molar-refractivity contribution in [1.29, 1.82) is 0 Å². The highest BCUT2D eigenvalue weighted by molar-refractivity contribution is 6.06. The van der Waals surface area contributed by atoms with Gasteiger partial charge in [-0.1, -0.05) is 0 Å². The third-order valence-corrected chi connectivity index (χ3v) is 3.37. The standard InChI is InChI=1S/C17H14FN3O/c1-10-5-6-19-16(7-10)21-17(22)14-9-12-8-13(18)3-4-15(12)20-11(14)2/h3-9H,1-2H3,(H,19,21,22). The highest BCUT2D eigenvalue weighted by atomic mass is 19.1. The zero-order chi connectivity index (χ0) is 15.7. The minimum atomic E-state index is -0.357. The van der Waals surface area contributed by atoms with E-state index in [4.69, 9.17) is 0 Å². The van der Waals surface area contributed by atoms with Gasteiger partial charge in [-0.3, -0.25) is 9.78 Å². The molecule has 1 amide bonds. The highest BCUT2D eigenvalue weighted by Gasteiger charge is 2.13. The molecule has 0 aliphatic carbocycles. The van der Waals surface area contributed by atoms with E-state index in [9.17, 15) is 9.18 Å². The second kappa shape index (κ2) is 5.52. The summed E-state index contributed by atoms with van der Waals surface area (Å²) in [6, 6.07) is 9.59. The van der Waals surface area contributed by atoms with Crippen molar-refractivity contribution in [3.05, 3.63) is 65.2 Å². The summed E-state index contributed by atoms with van der Waals surface area (Å²) in [6.45, 7) is 3.67. The maximum atomic E-state index is 13.3. The van der Waals surface area contributed by atoms with E-state index in [1.165, 1.54) is 12.1 Å². The van der Waals surface area contributed by atoms with Gasteiger partial charge in [0.2, 0.25) is 0 Å². The van der Waals surface area contributed by atoms with Gasteiger partial charge in [0.1, 0.15) is 11.6 Å². The predicted octanol–water partition coefficient (Wildman–Crippen LogP) is 3.64. The Labute approximate surface area is 127 Å². The van der Waals surface area contributed by atoms with Crippen LogP contribution < -0.4 is 5.32 Å². The smallest absolute Gasteiger partial charge is 0.258 e. The molecule has 0 spiro atoms. The lowest BCUT2D eigenvalue weighted by Gasteiger charge is -2.08. The topological polar surface area (TPSA) is 54.9 Å². The lowest BCUT2D eigenvalue weighted by Crippen LogP contribution is -2.15. The van der Waals surface area contributed by atoms with Gasteiger partial charge in [0.15, 0.2) is 0 Å². The van der Waals surface area contributed by atoms with E-state index in [-0.39, 0.29) is 11.7 Å². The number of carbonyl (C=O) groups is 1. The minimum Gasteiger partial charge on any atom is -0.307 e. The zero-order valence-electron chi connectivity index (χ0n) is 12.2. The zero-order valence-corrected chi connectivity index (χ0v) is 12.2. The van der Waals surface area contributed by atoms with Crippen molar-refractivity contribution in [3.63, 3.8) is 0 Å². The summed E-state index contributed by atoms with van der Waals surface area (Å²) in [5.74, 6) is -0.192. The van der Waals surface area contributed by atoms with Crippen molar-refractivity contribution >= 4 is 22.6 Å². The predicted molar refractivity (Wildman–Crippen MR) is 83.4 cm³/mol. The van der Waals surface area contributed by atoms with Crippen molar-refractivity contribution in [2.75, 3.05) is 5.32 Å². The summed E-state index contributed by atoms with van der Waals surface area (Å²) in [6.07, 6.45) is 1.63. The molecule has 0 fully saturated rings. The Morgan fingerprint density at radius 2 is 1.95 bits per heavy atom. The number of amides is 1. The molecule has 0 bridgehead atoms. The van der Waals surface area contributed by atoms with Crippen molar-refractivity contribution in [3.8, 4) is 0 Å². The molecule has 0 unspecified atom stereocenters. The average molecular weight is 295 g/mol. The normalized spacial score (nSPS) is 10.7. The number of rotatable bonds is 2. The molecular weight excluding hydrogens is 281 g/mol. The number of carbonyl (C=O) groups excluding carboxylic acids is 1. The number of halogens is 1. The number of fused-ring (bicyclic) bond motifs is 1. The van der Waals surface area contributed by atoms with Crippen LogP contribution in [0.4, 0.5) is 10.2 Å². The minimum absolute atomic E-state index is 0.311. The largest absolute Gasteiger partial charge is 0.307 e. The van der Waals surface area contributed by atoms with Gasteiger partial charge in [-0.05, 0) is 55.8 Å². The first-order chi connectivity index (χ1) is 10.5. The number of nitrogens with zero attached hydrogens (tertiary/aromatic N) is 2. The maximum Gasteiger partial charge on any atom is 0.258 e. The molecule has 2 aromatic heterocycles. The van der Waals surface area contributed by atoms with Gasteiger partial charge in [-0.2, -0.15) is 0 Å². The van der Waals surface area contributed by atoms with E-state index in [1.807, 2.05) is 13.0 Å². The molecule has 0 aliphatic rings. The second-order valence-electron chi connectivity index (χ2n) is 5.13. The molecular formula is C17H14FN3O. The van der Waals surface area contributed by atoms with E-state index in [0.717, 1.165) is 5.56 Å². The number of anilines is 1. The number of nitrogens with one attached hydrogen (secondary N) is 1. The SMILES string of the molecule is Cc1ccnc(NC(=O)c2cc3cc(F)ccc3nc2C)c1. The van der Waals surface area contributed by atoms with Gasteiger partial charge in [0, 0.05) is 11.6 Å². The maximum absolute atomic E-state index is 13.3. The van der Waals surface area contributed by atoms with Crippen molar-refractivity contribution < 1.29 is 9.18 Å². The van der Waals surface area contributed by atoms with Gasteiger partial charge >= 0.3 is 0 Å². The molecule has 3 aromatic rings. The van der Waals surface area contributed by atoms with Crippen molar-refractivity contribution in [2.24, 2.45) is 0 Å². The van der Waals surface area contributed by atoms with Crippen LogP contribution in [0.2, 0.25) is 0 Å². The van der Waals surface area contributed by atoms with Gasteiger partial charge in [-0.15, -0.1) is 0 Å². The molecule has 0 saturated heterocycles. The molecule has 22 heavy (non-hydrogen) atoms. The first-order valence-electron chi connectivity index (χ1n) is 6.84. The van der Waals surface area contributed by atoms with Crippen LogP contribution in [0.1, 0.15) is 21.6 Å². The molecule has 5 heteroatoms. The number of aryl methyl sites for hydroxylation is 2. The number of hydrogen-bond acceptors (Lipinski definition) is 3. The molecule has 4 nitrogen and oxygen atoms in total. The fourth-order valence-electron chi connectivity index (χ4n) is 2.26. The molecule has 0 atom stereocenters. The Bertz CT molecular complexity index is 877. The van der Waals surface area contributed by atoms with Crippen LogP contribution >= 0.6 is 0 Å². The Kier molecular flexibility index (Phi) is 3.55. The second-order valence-corrected chi connectivity index (χ2v) is 5.13. The van der Waals surface area contributed by atoms with Crippen LogP contribution in [0.3, 0.4) is 0 Å². The molecule has 0 aliphatic heterocycles. The Morgan fingerprint density at radius 1 is 1.14 bits per heavy atom. The van der Waals surface area contributed by atoms with Crippen LogP contribution in [0.25, 0.3) is 10.9 Å². The fraction of sp³-hybridized carbons (Fsp3) is 0.118. The fourth-order valence-corrected chi connectivity index (χ4v) is 2.26. The van der Waals surface area contributed by atoms with E-state index in [2.05, 4.69) is 15.3 Å². The molecule has 2 heterocycles. The molecule has 1 N–H and O–H groups in total. The summed E-state index contributed by atoms with van der Waals surface area (Å²) >= 11 is 0. The number of aromatic nitrogens is 2. The van der Waals surface area contributed by atoms with E-state index >= 15 is 0 Å². The summed E-state index contributed by atoms with van der Waals surface area (Å²) in [5, 5.41) is 3.33. The lowest BCUT2D eigenvalue weighted by atomic mass is 10.1.